The lowest BCUT2D eigenvalue weighted by molar-refractivity contribution is -0.138. The second-order valence-corrected chi connectivity index (χ2v) is 9.93. The van der Waals surface area contributed by atoms with Crippen LogP contribution < -0.4 is 5.32 Å². The van der Waals surface area contributed by atoms with Crippen molar-refractivity contribution >= 4 is 58.4 Å². The summed E-state index contributed by atoms with van der Waals surface area (Å²) >= 11 is 20.0. The molecule has 2 amide bonds. The molecule has 4 nitrogen and oxygen atoms in total. The second kappa shape index (κ2) is 11.5. The van der Waals surface area contributed by atoms with Gasteiger partial charge in [0.15, 0.2) is 0 Å². The van der Waals surface area contributed by atoms with Gasteiger partial charge in [0.25, 0.3) is 0 Å². The Balaban J connectivity index is 1.75. The van der Waals surface area contributed by atoms with Gasteiger partial charge in [-0.15, -0.1) is 11.8 Å². The highest BCUT2D eigenvalue weighted by atomic mass is 35.5. The fraction of sp³-hybridized carbons (Fsp3) is 0.391. The van der Waals surface area contributed by atoms with E-state index in [4.69, 9.17) is 34.8 Å². The lowest BCUT2D eigenvalue weighted by Gasteiger charge is -2.30. The van der Waals surface area contributed by atoms with E-state index in [2.05, 4.69) is 5.32 Å². The summed E-state index contributed by atoms with van der Waals surface area (Å²) in [4.78, 5) is 28.6. The first-order valence-electron chi connectivity index (χ1n) is 10.3. The molecule has 0 aliphatic heterocycles. The number of carbonyl (C=O) groups is 2. The molecule has 3 rings (SSSR count). The molecule has 1 aliphatic carbocycles. The van der Waals surface area contributed by atoms with Gasteiger partial charge in [0.1, 0.15) is 6.04 Å². The Morgan fingerprint density at radius 3 is 2.29 bits per heavy atom. The van der Waals surface area contributed by atoms with E-state index in [1.807, 2.05) is 12.1 Å². The molecule has 1 fully saturated rings. The molecule has 1 atom stereocenters. The van der Waals surface area contributed by atoms with Crippen molar-refractivity contribution in [3.05, 3.63) is 63.1 Å². The van der Waals surface area contributed by atoms with Gasteiger partial charge in [-0.05, 0) is 56.2 Å². The number of carbonyl (C=O) groups excluding carboxylic acids is 2. The van der Waals surface area contributed by atoms with Crippen LogP contribution in [0.25, 0.3) is 0 Å². The van der Waals surface area contributed by atoms with E-state index < -0.39 is 6.04 Å². The molecular formula is C23H25Cl3N2O2S. The van der Waals surface area contributed by atoms with E-state index in [9.17, 15) is 9.59 Å². The number of nitrogens with zero attached hydrogens (tertiary/aromatic N) is 1. The molecule has 1 saturated carbocycles. The summed E-state index contributed by atoms with van der Waals surface area (Å²) in [7, 11) is 0. The zero-order valence-corrected chi connectivity index (χ0v) is 20.3. The van der Waals surface area contributed by atoms with Gasteiger partial charge < -0.3 is 10.2 Å². The van der Waals surface area contributed by atoms with Gasteiger partial charge in [-0.3, -0.25) is 9.59 Å². The molecule has 2 aromatic carbocycles. The monoisotopic (exact) mass is 498 g/mol. The van der Waals surface area contributed by atoms with Crippen molar-refractivity contribution in [3.63, 3.8) is 0 Å². The maximum Gasteiger partial charge on any atom is 0.242 e. The second-order valence-electron chi connectivity index (χ2n) is 7.63. The fourth-order valence-corrected chi connectivity index (χ4v) is 5.01. The fourth-order valence-electron chi connectivity index (χ4n) is 3.59. The zero-order chi connectivity index (χ0) is 22.4. The van der Waals surface area contributed by atoms with Crippen LogP contribution in [0.1, 0.15) is 38.2 Å². The predicted octanol–water partition coefficient (Wildman–Crippen LogP) is 6.22. The Kier molecular flexibility index (Phi) is 8.96. The molecule has 0 saturated heterocycles. The maximum absolute atomic E-state index is 13.2. The van der Waals surface area contributed by atoms with Crippen molar-refractivity contribution in [1.29, 1.82) is 0 Å². The Bertz CT molecular complexity index is 897. The Labute approximate surface area is 202 Å². The smallest absolute Gasteiger partial charge is 0.242 e. The summed E-state index contributed by atoms with van der Waals surface area (Å²) in [6.45, 7) is 1.91. The summed E-state index contributed by atoms with van der Waals surface area (Å²) in [5.74, 6) is -0.130. The summed E-state index contributed by atoms with van der Waals surface area (Å²) in [6.07, 6.45) is 4.20. The molecule has 1 N–H and O–H groups in total. The lowest BCUT2D eigenvalue weighted by atomic mass is 10.1. The Morgan fingerprint density at radius 1 is 1.06 bits per heavy atom. The lowest BCUT2D eigenvalue weighted by Crippen LogP contribution is -2.50. The number of hydrogen-bond donors (Lipinski definition) is 1. The first-order valence-corrected chi connectivity index (χ1v) is 12.4. The number of thioether (sulfide) groups is 1. The molecular weight excluding hydrogens is 475 g/mol. The average Bonchev–Trinajstić information content (AvgIpc) is 3.25. The molecule has 0 heterocycles. The van der Waals surface area contributed by atoms with Gasteiger partial charge in [-0.2, -0.15) is 0 Å². The number of benzene rings is 2. The predicted molar refractivity (Wildman–Crippen MR) is 129 cm³/mol. The summed E-state index contributed by atoms with van der Waals surface area (Å²) in [5, 5.41) is 4.67. The van der Waals surface area contributed by atoms with E-state index >= 15 is 0 Å². The normalized spacial score (nSPS) is 15.0. The first kappa shape index (κ1) is 24.2. The number of amides is 2. The number of halogens is 3. The molecule has 2 aromatic rings. The first-order chi connectivity index (χ1) is 14.8. The van der Waals surface area contributed by atoms with Crippen molar-refractivity contribution < 1.29 is 9.59 Å². The number of rotatable bonds is 8. The van der Waals surface area contributed by atoms with E-state index in [-0.39, 0.29) is 30.2 Å². The summed E-state index contributed by atoms with van der Waals surface area (Å²) in [6, 6.07) is 12.1. The van der Waals surface area contributed by atoms with Crippen LogP contribution in [0.3, 0.4) is 0 Å². The van der Waals surface area contributed by atoms with Crippen LogP contribution in [0, 0.1) is 0 Å². The maximum atomic E-state index is 13.2. The third-order valence-electron chi connectivity index (χ3n) is 5.43. The minimum Gasteiger partial charge on any atom is -0.352 e. The van der Waals surface area contributed by atoms with Crippen LogP contribution in [0.2, 0.25) is 15.1 Å². The van der Waals surface area contributed by atoms with E-state index in [0.717, 1.165) is 30.6 Å². The SMILES string of the molecule is C[C@H](C(=O)NC1CCCC1)N(Cc1c(Cl)cccc1Cl)C(=O)CSc1ccc(Cl)cc1. The van der Waals surface area contributed by atoms with Crippen LogP contribution in [0.15, 0.2) is 47.4 Å². The van der Waals surface area contributed by atoms with Crippen molar-refractivity contribution in [2.24, 2.45) is 0 Å². The highest BCUT2D eigenvalue weighted by Crippen LogP contribution is 2.28. The molecule has 0 bridgehead atoms. The van der Waals surface area contributed by atoms with E-state index in [1.54, 1.807) is 42.2 Å². The van der Waals surface area contributed by atoms with Crippen LogP contribution >= 0.6 is 46.6 Å². The van der Waals surface area contributed by atoms with Crippen molar-refractivity contribution in [3.8, 4) is 0 Å². The molecule has 0 unspecified atom stereocenters. The third kappa shape index (κ3) is 6.79. The van der Waals surface area contributed by atoms with Gasteiger partial charge in [0, 0.05) is 38.1 Å². The molecule has 31 heavy (non-hydrogen) atoms. The van der Waals surface area contributed by atoms with Gasteiger partial charge in [0.2, 0.25) is 11.8 Å². The van der Waals surface area contributed by atoms with Crippen molar-refractivity contribution in [1.82, 2.24) is 10.2 Å². The zero-order valence-electron chi connectivity index (χ0n) is 17.2. The quantitative estimate of drug-likeness (QED) is 0.439. The molecule has 0 aromatic heterocycles. The van der Waals surface area contributed by atoms with Crippen molar-refractivity contribution in [2.75, 3.05) is 5.75 Å². The molecule has 1 aliphatic rings. The number of nitrogens with one attached hydrogen (secondary N) is 1. The molecule has 166 valence electrons. The third-order valence-corrected chi connectivity index (χ3v) is 7.39. The summed E-state index contributed by atoms with van der Waals surface area (Å²) in [5.41, 5.74) is 0.635. The average molecular weight is 500 g/mol. The molecule has 0 spiro atoms. The van der Waals surface area contributed by atoms with Crippen molar-refractivity contribution in [2.45, 2.75) is 56.1 Å². The Morgan fingerprint density at radius 2 is 1.68 bits per heavy atom. The number of hydrogen-bond acceptors (Lipinski definition) is 3. The van der Waals surface area contributed by atoms with Crippen LogP contribution in [0.4, 0.5) is 0 Å². The topological polar surface area (TPSA) is 49.4 Å². The van der Waals surface area contributed by atoms with E-state index in [1.165, 1.54) is 11.8 Å². The molecule has 0 radical (unpaired) electrons. The van der Waals surface area contributed by atoms with Gasteiger partial charge in [-0.1, -0.05) is 53.7 Å². The largest absolute Gasteiger partial charge is 0.352 e. The van der Waals surface area contributed by atoms with Gasteiger partial charge in [0.05, 0.1) is 5.75 Å². The molecule has 8 heteroatoms. The van der Waals surface area contributed by atoms with Gasteiger partial charge in [-0.25, -0.2) is 0 Å². The minimum atomic E-state index is -0.647. The van der Waals surface area contributed by atoms with Crippen LogP contribution in [-0.2, 0) is 16.1 Å². The standard InChI is InChI=1S/C23H25Cl3N2O2S/c1-15(23(30)27-17-5-2-3-6-17)28(13-19-20(25)7-4-8-21(19)26)22(29)14-31-18-11-9-16(24)10-12-18/h4,7-12,15,17H,2-3,5-6,13-14H2,1H3,(H,27,30)/t15-/m1/s1. The van der Waals surface area contributed by atoms with Crippen LogP contribution in [-0.4, -0.2) is 34.6 Å². The minimum absolute atomic E-state index is 0.153. The Hall–Kier alpha value is -1.40. The van der Waals surface area contributed by atoms with Gasteiger partial charge >= 0.3 is 0 Å². The summed E-state index contributed by atoms with van der Waals surface area (Å²) < 4.78 is 0. The highest BCUT2D eigenvalue weighted by molar-refractivity contribution is 8.00. The van der Waals surface area contributed by atoms with Crippen LogP contribution in [0.5, 0.6) is 0 Å². The highest BCUT2D eigenvalue weighted by Gasteiger charge is 2.29. The van der Waals surface area contributed by atoms with E-state index in [0.29, 0.717) is 20.6 Å².